The molecular formula is C18H19FN2O. The quantitative estimate of drug-likeness (QED) is 0.913. The minimum Gasteiger partial charge on any atom is -0.326 e. The van der Waals surface area contributed by atoms with Crippen LogP contribution in [0.4, 0.5) is 10.1 Å². The van der Waals surface area contributed by atoms with Crippen LogP contribution in [0.5, 0.6) is 0 Å². The van der Waals surface area contributed by atoms with Crippen LogP contribution in [0.2, 0.25) is 0 Å². The first kappa shape index (κ1) is 14.7. The van der Waals surface area contributed by atoms with E-state index in [4.69, 9.17) is 0 Å². The number of anilines is 1. The van der Waals surface area contributed by atoms with Gasteiger partial charge in [0.05, 0.1) is 0 Å². The number of carbonyl (C=O) groups is 1. The number of aryl methyl sites for hydroxylation is 1. The van der Waals surface area contributed by atoms with Crippen molar-refractivity contribution in [2.24, 2.45) is 5.92 Å². The van der Waals surface area contributed by atoms with Crippen LogP contribution in [-0.4, -0.2) is 10.9 Å². The SMILES string of the molecule is Cc1ccc(NC(=O)CC2CCC2)cc1-c1ncccc1F. The predicted octanol–water partition coefficient (Wildman–Crippen LogP) is 4.32. The monoisotopic (exact) mass is 298 g/mol. The Kier molecular flexibility index (Phi) is 4.18. The molecule has 0 bridgehead atoms. The molecule has 1 fully saturated rings. The molecule has 3 nitrogen and oxygen atoms in total. The van der Waals surface area contributed by atoms with E-state index in [1.165, 1.54) is 12.5 Å². The van der Waals surface area contributed by atoms with Gasteiger partial charge in [-0.25, -0.2) is 4.39 Å². The van der Waals surface area contributed by atoms with E-state index in [-0.39, 0.29) is 11.7 Å². The predicted molar refractivity (Wildman–Crippen MR) is 85.0 cm³/mol. The lowest BCUT2D eigenvalue weighted by Gasteiger charge is -2.24. The molecule has 1 amide bonds. The lowest BCUT2D eigenvalue weighted by Crippen LogP contribution is -2.20. The van der Waals surface area contributed by atoms with E-state index in [2.05, 4.69) is 10.3 Å². The molecule has 0 atom stereocenters. The molecule has 1 N–H and O–H groups in total. The molecule has 1 aliphatic rings. The molecule has 22 heavy (non-hydrogen) atoms. The Bertz CT molecular complexity index is 695. The number of nitrogens with zero attached hydrogens (tertiary/aromatic N) is 1. The minimum atomic E-state index is -0.358. The topological polar surface area (TPSA) is 42.0 Å². The second-order valence-electron chi connectivity index (χ2n) is 5.91. The highest BCUT2D eigenvalue weighted by Crippen LogP contribution is 2.30. The lowest BCUT2D eigenvalue weighted by atomic mass is 9.83. The van der Waals surface area contributed by atoms with Crippen LogP contribution in [-0.2, 0) is 4.79 Å². The summed E-state index contributed by atoms with van der Waals surface area (Å²) >= 11 is 0. The number of aromatic nitrogens is 1. The number of pyridine rings is 1. The number of halogens is 1. The summed E-state index contributed by atoms with van der Waals surface area (Å²) in [6.07, 6.45) is 5.66. The molecule has 4 heteroatoms. The molecule has 1 heterocycles. The number of amides is 1. The van der Waals surface area contributed by atoms with Crippen molar-refractivity contribution >= 4 is 11.6 Å². The average Bonchev–Trinajstić information content (AvgIpc) is 2.46. The van der Waals surface area contributed by atoms with E-state index in [0.717, 1.165) is 18.4 Å². The summed E-state index contributed by atoms with van der Waals surface area (Å²) in [6, 6.07) is 8.47. The summed E-state index contributed by atoms with van der Waals surface area (Å²) < 4.78 is 13.9. The average molecular weight is 298 g/mol. The minimum absolute atomic E-state index is 0.0287. The lowest BCUT2D eigenvalue weighted by molar-refractivity contribution is -0.117. The summed E-state index contributed by atoms with van der Waals surface area (Å²) in [7, 11) is 0. The summed E-state index contributed by atoms with van der Waals surface area (Å²) in [5.41, 5.74) is 2.64. The number of hydrogen-bond acceptors (Lipinski definition) is 2. The molecular weight excluding hydrogens is 279 g/mol. The third-order valence-corrected chi connectivity index (χ3v) is 4.23. The standard InChI is InChI=1S/C18H19FN2O/c1-12-7-8-14(21-17(22)10-13-4-2-5-13)11-15(12)18-16(19)6-3-9-20-18/h3,6-9,11,13H,2,4-5,10H2,1H3,(H,21,22). The first-order valence-electron chi connectivity index (χ1n) is 7.65. The van der Waals surface area contributed by atoms with Crippen LogP contribution >= 0.6 is 0 Å². The smallest absolute Gasteiger partial charge is 0.224 e. The van der Waals surface area contributed by atoms with Gasteiger partial charge in [-0.15, -0.1) is 0 Å². The van der Waals surface area contributed by atoms with Gasteiger partial charge < -0.3 is 5.32 Å². The summed E-state index contributed by atoms with van der Waals surface area (Å²) in [5.74, 6) is 0.197. The first-order chi connectivity index (χ1) is 10.6. The van der Waals surface area contributed by atoms with Crippen molar-refractivity contribution in [3.63, 3.8) is 0 Å². The van der Waals surface area contributed by atoms with Gasteiger partial charge in [-0.1, -0.05) is 12.5 Å². The number of rotatable bonds is 4. The van der Waals surface area contributed by atoms with Gasteiger partial charge >= 0.3 is 0 Å². The third kappa shape index (κ3) is 3.16. The highest BCUT2D eigenvalue weighted by atomic mass is 19.1. The largest absolute Gasteiger partial charge is 0.326 e. The van der Waals surface area contributed by atoms with Crippen LogP contribution in [0, 0.1) is 18.7 Å². The van der Waals surface area contributed by atoms with E-state index in [0.29, 0.717) is 29.3 Å². The van der Waals surface area contributed by atoms with E-state index < -0.39 is 0 Å². The number of hydrogen-bond donors (Lipinski definition) is 1. The third-order valence-electron chi connectivity index (χ3n) is 4.23. The van der Waals surface area contributed by atoms with Gasteiger partial charge in [-0.05, 0) is 55.5 Å². The summed E-state index contributed by atoms with van der Waals surface area (Å²) in [5, 5.41) is 2.91. The molecule has 1 aliphatic carbocycles. The molecule has 2 aromatic rings. The Hall–Kier alpha value is -2.23. The van der Waals surface area contributed by atoms with Gasteiger partial charge in [-0.3, -0.25) is 9.78 Å². The summed E-state index contributed by atoms with van der Waals surface area (Å²) in [6.45, 7) is 1.91. The molecule has 0 saturated heterocycles. The molecule has 0 unspecified atom stereocenters. The fourth-order valence-corrected chi connectivity index (χ4v) is 2.71. The molecule has 1 aromatic carbocycles. The molecule has 114 valence electrons. The van der Waals surface area contributed by atoms with E-state index in [1.54, 1.807) is 18.3 Å². The van der Waals surface area contributed by atoms with Crippen molar-refractivity contribution in [2.45, 2.75) is 32.6 Å². The molecule has 1 aromatic heterocycles. The fourth-order valence-electron chi connectivity index (χ4n) is 2.71. The summed E-state index contributed by atoms with van der Waals surface area (Å²) in [4.78, 5) is 16.1. The maximum Gasteiger partial charge on any atom is 0.224 e. The second-order valence-corrected chi connectivity index (χ2v) is 5.91. The highest BCUT2D eigenvalue weighted by molar-refractivity contribution is 5.91. The molecule has 3 rings (SSSR count). The van der Waals surface area contributed by atoms with Crippen molar-refractivity contribution in [2.75, 3.05) is 5.32 Å². The van der Waals surface area contributed by atoms with Crippen LogP contribution in [0.1, 0.15) is 31.2 Å². The van der Waals surface area contributed by atoms with Crippen molar-refractivity contribution in [1.82, 2.24) is 4.98 Å². The maximum atomic E-state index is 13.9. The zero-order valence-electron chi connectivity index (χ0n) is 12.6. The molecule has 0 radical (unpaired) electrons. The van der Waals surface area contributed by atoms with Gasteiger partial charge in [-0.2, -0.15) is 0 Å². The zero-order chi connectivity index (χ0) is 15.5. The van der Waals surface area contributed by atoms with Crippen LogP contribution in [0.15, 0.2) is 36.5 Å². The number of nitrogens with one attached hydrogen (secondary N) is 1. The van der Waals surface area contributed by atoms with E-state index in [1.807, 2.05) is 19.1 Å². The van der Waals surface area contributed by atoms with Gasteiger partial charge in [0.15, 0.2) is 0 Å². The van der Waals surface area contributed by atoms with Crippen LogP contribution in [0.25, 0.3) is 11.3 Å². The van der Waals surface area contributed by atoms with Crippen molar-refractivity contribution in [1.29, 1.82) is 0 Å². The highest BCUT2D eigenvalue weighted by Gasteiger charge is 2.20. The fraction of sp³-hybridized carbons (Fsp3) is 0.333. The Morgan fingerprint density at radius 2 is 2.18 bits per heavy atom. The molecule has 1 saturated carbocycles. The first-order valence-corrected chi connectivity index (χ1v) is 7.65. The number of carbonyl (C=O) groups excluding carboxylic acids is 1. The van der Waals surface area contributed by atoms with Gasteiger partial charge in [0.2, 0.25) is 5.91 Å². The van der Waals surface area contributed by atoms with E-state index >= 15 is 0 Å². The number of benzene rings is 1. The van der Waals surface area contributed by atoms with E-state index in [9.17, 15) is 9.18 Å². The Morgan fingerprint density at radius 3 is 2.86 bits per heavy atom. The molecule has 0 aliphatic heterocycles. The van der Waals surface area contributed by atoms with Gasteiger partial charge in [0.25, 0.3) is 0 Å². The zero-order valence-corrected chi connectivity index (χ0v) is 12.6. The van der Waals surface area contributed by atoms with Crippen molar-refractivity contribution in [3.05, 3.63) is 47.9 Å². The molecule has 0 spiro atoms. The normalized spacial score (nSPS) is 14.5. The van der Waals surface area contributed by atoms with Crippen LogP contribution in [0.3, 0.4) is 0 Å². The Morgan fingerprint density at radius 1 is 1.36 bits per heavy atom. The second kappa shape index (κ2) is 6.26. The van der Waals surface area contributed by atoms with Gasteiger partial charge in [0.1, 0.15) is 11.5 Å². The Balaban J connectivity index is 1.80. The maximum absolute atomic E-state index is 13.9. The Labute approximate surface area is 129 Å². The van der Waals surface area contributed by atoms with Crippen molar-refractivity contribution in [3.8, 4) is 11.3 Å². The van der Waals surface area contributed by atoms with Gasteiger partial charge in [0, 0.05) is 23.9 Å². The van der Waals surface area contributed by atoms with Crippen LogP contribution < -0.4 is 5.32 Å². The van der Waals surface area contributed by atoms with Crippen molar-refractivity contribution < 1.29 is 9.18 Å².